The molecule has 1 aromatic heterocycles. The van der Waals surface area contributed by atoms with Crippen molar-refractivity contribution in [1.29, 1.82) is 0 Å². The monoisotopic (exact) mass is 405 g/mol. The van der Waals surface area contributed by atoms with E-state index in [1.165, 1.54) is 23.5 Å². The number of nitrogens with zero attached hydrogens (tertiary/aromatic N) is 1. The zero-order valence-corrected chi connectivity index (χ0v) is 15.5. The van der Waals surface area contributed by atoms with Gasteiger partial charge < -0.3 is 11.1 Å². The zero-order valence-electron chi connectivity index (χ0n) is 13.1. The topological polar surface area (TPSA) is 50.4 Å². The Balaban J connectivity index is 2.27. The van der Waals surface area contributed by atoms with Crippen molar-refractivity contribution < 1.29 is 13.2 Å². The molecule has 9 heteroatoms. The van der Waals surface area contributed by atoms with E-state index in [1.54, 1.807) is 17.5 Å². The molecule has 2 rings (SSSR count). The second-order valence-corrected chi connectivity index (χ2v) is 7.50. The second kappa shape index (κ2) is 8.16. The molecule has 0 saturated carbocycles. The number of hydrogen-bond donors (Lipinski definition) is 2. The number of aliphatic imine (C=N–C) groups is 1. The van der Waals surface area contributed by atoms with E-state index in [4.69, 9.17) is 17.3 Å². The number of rotatable bonds is 5. The summed E-state index contributed by atoms with van der Waals surface area (Å²) in [6.07, 6.45) is 1.14. The fourth-order valence-corrected chi connectivity index (χ4v) is 3.73. The number of nitrogens with one attached hydrogen (secondary N) is 1. The Morgan fingerprint density at radius 2 is 2.04 bits per heavy atom. The number of halogens is 4. The van der Waals surface area contributed by atoms with Crippen molar-refractivity contribution in [2.24, 2.45) is 10.7 Å². The normalized spacial score (nSPS) is 14.6. The van der Waals surface area contributed by atoms with E-state index in [0.29, 0.717) is 16.1 Å². The van der Waals surface area contributed by atoms with Crippen LogP contribution in [-0.4, -0.2) is 11.8 Å². The molecule has 134 valence electrons. The van der Waals surface area contributed by atoms with Crippen LogP contribution in [-0.2, 0) is 0 Å². The largest absolute Gasteiger partial charge is 0.446 e. The molecule has 25 heavy (non-hydrogen) atoms. The van der Waals surface area contributed by atoms with Crippen LogP contribution in [0.1, 0.15) is 18.5 Å². The third-order valence-electron chi connectivity index (χ3n) is 3.23. The van der Waals surface area contributed by atoms with E-state index >= 15 is 0 Å². The number of thioether (sulfide) groups is 1. The summed E-state index contributed by atoms with van der Waals surface area (Å²) in [6.45, 7) is 5.78. The average Bonchev–Trinajstić information content (AvgIpc) is 2.85. The van der Waals surface area contributed by atoms with Crippen LogP contribution in [0.15, 0.2) is 39.5 Å². The highest BCUT2D eigenvalue weighted by molar-refractivity contribution is 8.00. The van der Waals surface area contributed by atoms with Gasteiger partial charge in [-0.15, -0.1) is 11.3 Å². The van der Waals surface area contributed by atoms with Crippen molar-refractivity contribution >= 4 is 53.4 Å². The van der Waals surface area contributed by atoms with Crippen molar-refractivity contribution in [3.05, 3.63) is 50.0 Å². The second-order valence-electron chi connectivity index (χ2n) is 4.99. The molecule has 3 nitrogen and oxygen atoms in total. The van der Waals surface area contributed by atoms with Gasteiger partial charge in [-0.1, -0.05) is 30.3 Å². The Morgan fingerprint density at radius 3 is 2.52 bits per heavy atom. The number of thiophene rings is 1. The van der Waals surface area contributed by atoms with Crippen LogP contribution in [0.5, 0.6) is 0 Å². The minimum Gasteiger partial charge on any atom is -0.390 e. The first-order chi connectivity index (χ1) is 11.7. The maximum Gasteiger partial charge on any atom is 0.446 e. The number of benzene rings is 1. The maximum absolute atomic E-state index is 12.4. The summed E-state index contributed by atoms with van der Waals surface area (Å²) in [5.74, 6) is 0.458. The first kappa shape index (κ1) is 19.7. The van der Waals surface area contributed by atoms with Crippen LogP contribution in [0.25, 0.3) is 12.4 Å². The maximum atomic E-state index is 12.4. The van der Waals surface area contributed by atoms with Gasteiger partial charge in [0.05, 0.1) is 16.6 Å². The fourth-order valence-electron chi connectivity index (χ4n) is 2.11. The van der Waals surface area contributed by atoms with Crippen LogP contribution in [0.4, 0.5) is 13.2 Å². The number of alkyl halides is 3. The van der Waals surface area contributed by atoms with Gasteiger partial charge in [0.1, 0.15) is 5.82 Å². The van der Waals surface area contributed by atoms with Gasteiger partial charge in [0.2, 0.25) is 0 Å². The quantitative estimate of drug-likeness (QED) is 0.451. The first-order valence-electron chi connectivity index (χ1n) is 7.04. The smallest absolute Gasteiger partial charge is 0.390 e. The van der Waals surface area contributed by atoms with Gasteiger partial charge in [-0.05, 0) is 36.4 Å². The van der Waals surface area contributed by atoms with E-state index < -0.39 is 5.51 Å². The molecule has 0 fully saturated rings. The van der Waals surface area contributed by atoms with E-state index in [-0.39, 0.29) is 22.7 Å². The first-order valence-corrected chi connectivity index (χ1v) is 9.11. The molecule has 1 aromatic carbocycles. The minimum absolute atomic E-state index is 0.133. The van der Waals surface area contributed by atoms with Crippen molar-refractivity contribution in [1.82, 2.24) is 5.32 Å². The molecule has 2 aromatic rings. The predicted molar refractivity (Wildman–Crippen MR) is 100 cm³/mol. The predicted octanol–water partition coefficient (Wildman–Crippen LogP) is 3.83. The number of hydrogen-bond acceptors (Lipinski definition) is 4. The Kier molecular flexibility index (Phi) is 6.42. The molecule has 1 heterocycles. The van der Waals surface area contributed by atoms with E-state index in [9.17, 15) is 13.2 Å². The van der Waals surface area contributed by atoms with Crippen molar-refractivity contribution in [2.75, 3.05) is 0 Å². The van der Waals surface area contributed by atoms with Crippen LogP contribution in [0, 0.1) is 0 Å². The van der Waals surface area contributed by atoms with Gasteiger partial charge >= 0.3 is 5.51 Å². The molecular weight excluding hydrogens is 391 g/mol. The summed E-state index contributed by atoms with van der Waals surface area (Å²) in [7, 11) is 0. The molecule has 0 aliphatic rings. The highest BCUT2D eigenvalue weighted by Crippen LogP contribution is 2.37. The summed E-state index contributed by atoms with van der Waals surface area (Å²) in [5.41, 5.74) is 1.90. The van der Waals surface area contributed by atoms with E-state index in [0.717, 1.165) is 16.4 Å². The van der Waals surface area contributed by atoms with Crippen molar-refractivity contribution in [2.45, 2.75) is 23.4 Å². The highest BCUT2D eigenvalue weighted by Gasteiger charge is 2.29. The Labute approximate surface area is 156 Å². The third kappa shape index (κ3) is 5.42. The Hall–Kier alpha value is -1.64. The zero-order chi connectivity index (χ0) is 18.6. The highest BCUT2D eigenvalue weighted by atomic mass is 35.5. The third-order valence-corrected chi connectivity index (χ3v) is 5.24. The molecule has 0 spiro atoms. The summed E-state index contributed by atoms with van der Waals surface area (Å²) in [5, 5.41) is 6.09. The molecule has 0 radical (unpaired) electrons. The minimum atomic E-state index is -4.30. The lowest BCUT2D eigenvalue weighted by atomic mass is 10.1. The van der Waals surface area contributed by atoms with E-state index in [2.05, 4.69) is 16.9 Å². The summed E-state index contributed by atoms with van der Waals surface area (Å²) >= 11 is 7.42. The molecule has 0 aliphatic carbocycles. The lowest BCUT2D eigenvalue weighted by Crippen LogP contribution is -2.29. The van der Waals surface area contributed by atoms with Crippen LogP contribution < -0.4 is 20.8 Å². The Morgan fingerprint density at radius 1 is 1.40 bits per heavy atom. The van der Waals surface area contributed by atoms with Gasteiger partial charge in [-0.3, -0.25) is 0 Å². The van der Waals surface area contributed by atoms with Crippen molar-refractivity contribution in [3.8, 4) is 0 Å². The molecule has 0 bridgehead atoms. The Bertz CT molecular complexity index is 860. The number of nitrogens with two attached hydrogens (primary N) is 1. The molecule has 3 N–H and O–H groups in total. The molecule has 0 aliphatic heterocycles. The van der Waals surface area contributed by atoms with Gasteiger partial charge in [-0.25, -0.2) is 4.99 Å². The standard InChI is InChI=1S/C16H15ClF3N3S2/c1-9(11-3-5-12(6-4-11)25-16(18,19)20)23-15(22-8-21)14-10(2)24-7-13(14)17/h3-9,23H,2H2,1H3,(H2,21,22)/b15-14-. The summed E-state index contributed by atoms with van der Waals surface area (Å²) in [4.78, 5) is 4.24. The summed E-state index contributed by atoms with van der Waals surface area (Å²) < 4.78 is 37.9. The van der Waals surface area contributed by atoms with E-state index in [1.807, 2.05) is 6.92 Å². The molecule has 0 amide bonds. The van der Waals surface area contributed by atoms with Crippen LogP contribution >= 0.6 is 34.7 Å². The van der Waals surface area contributed by atoms with Crippen molar-refractivity contribution in [3.63, 3.8) is 0 Å². The lowest BCUT2D eigenvalue weighted by molar-refractivity contribution is -0.0328. The average molecular weight is 406 g/mol. The van der Waals surface area contributed by atoms with Crippen LogP contribution in [0.3, 0.4) is 0 Å². The fraction of sp³-hybridized carbons (Fsp3) is 0.188. The van der Waals surface area contributed by atoms with Gasteiger partial charge in [0.25, 0.3) is 0 Å². The molecule has 0 saturated heterocycles. The molecule has 1 unspecified atom stereocenters. The molecule has 1 atom stereocenters. The van der Waals surface area contributed by atoms with Gasteiger partial charge in [0.15, 0.2) is 0 Å². The van der Waals surface area contributed by atoms with Gasteiger partial charge in [-0.2, -0.15) is 13.2 Å². The lowest BCUT2D eigenvalue weighted by Gasteiger charge is -2.16. The summed E-state index contributed by atoms with van der Waals surface area (Å²) in [6, 6.07) is 5.91. The van der Waals surface area contributed by atoms with Gasteiger partial charge in [0, 0.05) is 20.8 Å². The SMILES string of the molecule is C=c1scc(Cl)/c1=C(/N=CN)NC(C)c1ccc(SC(F)(F)F)cc1. The molecular formula is C16H15ClF3N3S2. The van der Waals surface area contributed by atoms with Crippen LogP contribution in [0.2, 0.25) is 5.02 Å².